The Morgan fingerprint density at radius 1 is 1.57 bits per heavy atom. The predicted octanol–water partition coefficient (Wildman–Crippen LogP) is -0.0716. The minimum atomic E-state index is 0.300. The molecule has 2 N–H and O–H groups in total. The average Bonchev–Trinajstić information content (AvgIpc) is 2.18. The number of ether oxygens (including phenoxy) is 2. The average molecular weight is 202 g/mol. The lowest BCUT2D eigenvalue weighted by atomic mass is 9.96. The summed E-state index contributed by atoms with van der Waals surface area (Å²) >= 11 is 0. The first-order valence-corrected chi connectivity index (χ1v) is 5.25. The van der Waals surface area contributed by atoms with E-state index in [1.54, 1.807) is 7.11 Å². The Morgan fingerprint density at radius 3 is 3.00 bits per heavy atom. The Kier molecular flexibility index (Phi) is 5.40. The fraction of sp³-hybridized carbons (Fsp3) is 1.00. The van der Waals surface area contributed by atoms with Crippen LogP contribution in [0, 0.1) is 5.92 Å². The van der Waals surface area contributed by atoms with E-state index in [0.29, 0.717) is 12.0 Å². The van der Waals surface area contributed by atoms with Crippen LogP contribution in [-0.4, -0.2) is 58.0 Å². The molecule has 1 heterocycles. The predicted molar refractivity (Wildman–Crippen MR) is 56.3 cm³/mol. The molecule has 4 nitrogen and oxygen atoms in total. The van der Waals surface area contributed by atoms with Crippen molar-refractivity contribution in [2.75, 3.05) is 47.1 Å². The molecule has 14 heavy (non-hydrogen) atoms. The third-order valence-corrected chi connectivity index (χ3v) is 2.76. The molecule has 0 aromatic carbocycles. The van der Waals surface area contributed by atoms with Crippen LogP contribution in [0.25, 0.3) is 0 Å². The second kappa shape index (κ2) is 6.35. The van der Waals surface area contributed by atoms with E-state index in [1.165, 1.54) is 0 Å². The fourth-order valence-electron chi connectivity index (χ4n) is 1.74. The zero-order chi connectivity index (χ0) is 10.4. The first kappa shape index (κ1) is 11.9. The quantitative estimate of drug-likeness (QED) is 0.678. The second-order valence-electron chi connectivity index (χ2n) is 4.04. The number of hydrogen-bond acceptors (Lipinski definition) is 4. The van der Waals surface area contributed by atoms with Crippen LogP contribution in [0.5, 0.6) is 0 Å². The van der Waals surface area contributed by atoms with Gasteiger partial charge >= 0.3 is 0 Å². The number of nitrogens with zero attached hydrogens (tertiary/aromatic N) is 1. The molecule has 0 saturated carbocycles. The van der Waals surface area contributed by atoms with Gasteiger partial charge in [-0.15, -0.1) is 0 Å². The van der Waals surface area contributed by atoms with Crippen LogP contribution in [-0.2, 0) is 9.47 Å². The maximum atomic E-state index is 6.02. The third kappa shape index (κ3) is 3.92. The molecular formula is C10H22N2O2. The Labute approximate surface area is 86.3 Å². The zero-order valence-corrected chi connectivity index (χ0v) is 9.24. The molecular weight excluding hydrogens is 180 g/mol. The van der Waals surface area contributed by atoms with Gasteiger partial charge in [0.15, 0.2) is 0 Å². The highest BCUT2D eigenvalue weighted by Crippen LogP contribution is 2.13. The summed E-state index contributed by atoms with van der Waals surface area (Å²) in [5, 5.41) is 0. The molecule has 84 valence electrons. The highest BCUT2D eigenvalue weighted by atomic mass is 16.5. The highest BCUT2D eigenvalue weighted by molar-refractivity contribution is 4.78. The van der Waals surface area contributed by atoms with Crippen molar-refractivity contribution in [1.82, 2.24) is 4.90 Å². The van der Waals surface area contributed by atoms with Gasteiger partial charge in [0.05, 0.1) is 13.2 Å². The van der Waals surface area contributed by atoms with Crippen molar-refractivity contribution in [3.05, 3.63) is 0 Å². The minimum Gasteiger partial charge on any atom is -0.383 e. The molecule has 1 saturated heterocycles. The fourth-order valence-corrected chi connectivity index (χ4v) is 1.74. The summed E-state index contributed by atoms with van der Waals surface area (Å²) in [6, 6.07) is 0.300. The van der Waals surface area contributed by atoms with E-state index in [0.717, 1.165) is 39.3 Å². The molecule has 1 rings (SSSR count). The first-order chi connectivity index (χ1) is 6.74. The van der Waals surface area contributed by atoms with Gasteiger partial charge in [0.1, 0.15) is 0 Å². The number of nitrogens with two attached hydrogens (primary N) is 1. The molecule has 0 aromatic rings. The van der Waals surface area contributed by atoms with E-state index in [2.05, 4.69) is 11.9 Å². The van der Waals surface area contributed by atoms with Gasteiger partial charge in [0.2, 0.25) is 0 Å². The maximum Gasteiger partial charge on any atom is 0.0589 e. The summed E-state index contributed by atoms with van der Waals surface area (Å²) < 4.78 is 10.4. The summed E-state index contributed by atoms with van der Waals surface area (Å²) in [7, 11) is 3.82. The van der Waals surface area contributed by atoms with Crippen molar-refractivity contribution in [2.45, 2.75) is 12.5 Å². The van der Waals surface area contributed by atoms with Gasteiger partial charge in [0, 0.05) is 38.8 Å². The van der Waals surface area contributed by atoms with E-state index in [1.807, 2.05) is 0 Å². The molecule has 0 aromatic heterocycles. The molecule has 0 spiro atoms. The Morgan fingerprint density at radius 2 is 2.36 bits per heavy atom. The van der Waals surface area contributed by atoms with Crippen LogP contribution < -0.4 is 5.73 Å². The normalized spacial score (nSPS) is 28.3. The molecule has 2 atom stereocenters. The largest absolute Gasteiger partial charge is 0.383 e. The van der Waals surface area contributed by atoms with Crippen molar-refractivity contribution >= 4 is 0 Å². The monoisotopic (exact) mass is 202 g/mol. The van der Waals surface area contributed by atoms with Crippen LogP contribution in [0.15, 0.2) is 0 Å². The van der Waals surface area contributed by atoms with E-state index in [9.17, 15) is 0 Å². The summed E-state index contributed by atoms with van der Waals surface area (Å²) in [6.45, 7) is 4.36. The molecule has 0 radical (unpaired) electrons. The highest BCUT2D eigenvalue weighted by Gasteiger charge is 2.23. The van der Waals surface area contributed by atoms with Gasteiger partial charge in [-0.2, -0.15) is 0 Å². The molecule has 0 aliphatic carbocycles. The number of hydrogen-bond donors (Lipinski definition) is 1. The van der Waals surface area contributed by atoms with Gasteiger partial charge in [-0.25, -0.2) is 0 Å². The number of rotatable bonds is 5. The van der Waals surface area contributed by atoms with E-state index in [-0.39, 0.29) is 0 Å². The molecule has 1 fully saturated rings. The Hall–Kier alpha value is -0.160. The number of methoxy groups -OCH3 is 1. The van der Waals surface area contributed by atoms with Crippen LogP contribution in [0.2, 0.25) is 0 Å². The molecule has 1 aliphatic rings. The van der Waals surface area contributed by atoms with E-state index in [4.69, 9.17) is 15.2 Å². The SMILES string of the molecule is COCCN(C)CC1COCCC1N. The van der Waals surface area contributed by atoms with Crippen molar-refractivity contribution in [3.8, 4) is 0 Å². The minimum absolute atomic E-state index is 0.300. The van der Waals surface area contributed by atoms with Crippen LogP contribution in [0.4, 0.5) is 0 Å². The van der Waals surface area contributed by atoms with Crippen molar-refractivity contribution in [3.63, 3.8) is 0 Å². The second-order valence-corrected chi connectivity index (χ2v) is 4.04. The van der Waals surface area contributed by atoms with Crippen LogP contribution in [0.1, 0.15) is 6.42 Å². The summed E-state index contributed by atoms with van der Waals surface area (Å²) in [5.74, 6) is 0.477. The van der Waals surface area contributed by atoms with Crippen molar-refractivity contribution in [2.24, 2.45) is 11.7 Å². The summed E-state index contributed by atoms with van der Waals surface area (Å²) in [4.78, 5) is 2.25. The van der Waals surface area contributed by atoms with Crippen LogP contribution >= 0.6 is 0 Å². The van der Waals surface area contributed by atoms with Gasteiger partial charge < -0.3 is 20.1 Å². The van der Waals surface area contributed by atoms with Gasteiger partial charge in [-0.1, -0.05) is 0 Å². The molecule has 2 unspecified atom stereocenters. The smallest absolute Gasteiger partial charge is 0.0589 e. The van der Waals surface area contributed by atoms with Gasteiger partial charge in [0.25, 0.3) is 0 Å². The summed E-state index contributed by atoms with van der Waals surface area (Å²) in [6.07, 6.45) is 0.989. The van der Waals surface area contributed by atoms with Gasteiger partial charge in [-0.05, 0) is 13.5 Å². The maximum absolute atomic E-state index is 6.02. The Bertz CT molecular complexity index is 155. The van der Waals surface area contributed by atoms with Crippen molar-refractivity contribution in [1.29, 1.82) is 0 Å². The topological polar surface area (TPSA) is 47.7 Å². The van der Waals surface area contributed by atoms with Crippen LogP contribution in [0.3, 0.4) is 0 Å². The molecule has 1 aliphatic heterocycles. The van der Waals surface area contributed by atoms with E-state index >= 15 is 0 Å². The summed E-state index contributed by atoms with van der Waals surface area (Å²) in [5.41, 5.74) is 6.02. The van der Waals surface area contributed by atoms with Gasteiger partial charge in [-0.3, -0.25) is 0 Å². The van der Waals surface area contributed by atoms with E-state index < -0.39 is 0 Å². The van der Waals surface area contributed by atoms with Crippen molar-refractivity contribution < 1.29 is 9.47 Å². The first-order valence-electron chi connectivity index (χ1n) is 5.25. The molecule has 0 amide bonds. The lowest BCUT2D eigenvalue weighted by Gasteiger charge is -2.31. The molecule has 0 bridgehead atoms. The zero-order valence-electron chi connectivity index (χ0n) is 9.24. The molecule has 4 heteroatoms. The lowest BCUT2D eigenvalue weighted by Crippen LogP contribution is -2.44. The Balaban J connectivity index is 2.20. The lowest BCUT2D eigenvalue weighted by molar-refractivity contribution is 0.0265. The standard InChI is InChI=1S/C10H22N2O2/c1-12(4-6-13-2)7-9-8-14-5-3-10(9)11/h9-10H,3-8,11H2,1-2H3. The number of likely N-dealkylation sites (N-methyl/N-ethyl adjacent to an activating group) is 1. The third-order valence-electron chi connectivity index (χ3n) is 2.76.